The van der Waals surface area contributed by atoms with Gasteiger partial charge in [0.05, 0.1) is 6.04 Å². The Balaban J connectivity index is 2.47. The molecule has 2 rings (SSSR count). The van der Waals surface area contributed by atoms with E-state index in [4.69, 9.17) is 0 Å². The van der Waals surface area contributed by atoms with E-state index in [1.165, 1.54) is 0 Å². The van der Waals surface area contributed by atoms with Gasteiger partial charge in [-0.2, -0.15) is 4.68 Å². The summed E-state index contributed by atoms with van der Waals surface area (Å²) in [6, 6.07) is 10.6. The first kappa shape index (κ1) is 8.94. The Labute approximate surface area is 83.6 Å². The highest BCUT2D eigenvalue weighted by molar-refractivity contribution is 5.20. The minimum Gasteiger partial charge on any atom is -0.173 e. The van der Waals surface area contributed by atoms with Crippen molar-refractivity contribution in [2.24, 2.45) is 0 Å². The Kier molecular flexibility index (Phi) is 2.31. The Morgan fingerprint density at radius 3 is 2.57 bits per heavy atom. The first-order valence-corrected chi connectivity index (χ1v) is 4.78. The van der Waals surface area contributed by atoms with Crippen molar-refractivity contribution >= 4 is 0 Å². The first-order valence-electron chi connectivity index (χ1n) is 4.78. The summed E-state index contributed by atoms with van der Waals surface area (Å²) >= 11 is 0. The summed E-state index contributed by atoms with van der Waals surface area (Å²) < 4.78 is 4.14. The first-order chi connectivity index (χ1) is 6.79. The molecular weight excluding hydrogens is 174 g/mol. The lowest BCUT2D eigenvalue weighted by molar-refractivity contribution is -0.688. The van der Waals surface area contributed by atoms with Crippen LogP contribution in [0.4, 0.5) is 0 Å². The van der Waals surface area contributed by atoms with Crippen LogP contribution in [0.3, 0.4) is 0 Å². The predicted molar refractivity (Wildman–Crippen MR) is 54.1 cm³/mol. The van der Waals surface area contributed by atoms with E-state index in [9.17, 15) is 0 Å². The van der Waals surface area contributed by atoms with Crippen molar-refractivity contribution in [2.75, 3.05) is 0 Å². The highest BCUT2D eigenvalue weighted by atomic mass is 15.4. The molecule has 1 aromatic heterocycles. The van der Waals surface area contributed by atoms with Crippen LogP contribution in [0.15, 0.2) is 43.0 Å². The molecule has 0 saturated heterocycles. The Morgan fingerprint density at radius 1 is 1.21 bits per heavy atom. The van der Waals surface area contributed by atoms with E-state index in [0.717, 1.165) is 5.69 Å². The maximum absolute atomic E-state index is 4.15. The number of benzene rings is 1. The summed E-state index contributed by atoms with van der Waals surface area (Å²) in [5.41, 5.74) is 1.14. The molecule has 72 valence electrons. The highest BCUT2D eigenvalue weighted by Crippen LogP contribution is 2.02. The summed E-state index contributed by atoms with van der Waals surface area (Å²) in [6.45, 7) is 4.28. The smallest absolute Gasteiger partial charge is 0.173 e. The van der Waals surface area contributed by atoms with Crippen LogP contribution in [-0.4, -0.2) is 9.67 Å². The standard InChI is InChI=1S/C11H14N3/c1-10(2)13-8-12-9-14(13)11-6-4-3-5-7-11/h3-10H,1-2H3/q+1. The molecule has 0 unspecified atom stereocenters. The van der Waals surface area contributed by atoms with Gasteiger partial charge in [0.25, 0.3) is 0 Å². The van der Waals surface area contributed by atoms with Crippen molar-refractivity contribution < 1.29 is 4.68 Å². The van der Waals surface area contributed by atoms with Gasteiger partial charge in [-0.05, 0) is 31.0 Å². The molecule has 14 heavy (non-hydrogen) atoms. The maximum Gasteiger partial charge on any atom is 0.312 e. The summed E-state index contributed by atoms with van der Waals surface area (Å²) in [6.07, 6.45) is 3.67. The average molecular weight is 188 g/mol. The van der Waals surface area contributed by atoms with Crippen LogP contribution < -0.4 is 4.68 Å². The van der Waals surface area contributed by atoms with Crippen molar-refractivity contribution in [3.05, 3.63) is 43.0 Å². The SMILES string of the molecule is CC(C)n1cnc[n+]1-c1ccccc1. The molecule has 0 atom stereocenters. The Morgan fingerprint density at radius 2 is 1.93 bits per heavy atom. The lowest BCUT2D eigenvalue weighted by Crippen LogP contribution is -2.40. The largest absolute Gasteiger partial charge is 0.312 e. The lowest BCUT2D eigenvalue weighted by atomic mass is 10.3. The summed E-state index contributed by atoms with van der Waals surface area (Å²) in [7, 11) is 0. The minimum atomic E-state index is 0.415. The number of hydrogen-bond acceptors (Lipinski definition) is 1. The molecule has 0 radical (unpaired) electrons. The lowest BCUT2D eigenvalue weighted by Gasteiger charge is -2.06. The van der Waals surface area contributed by atoms with Crippen LogP contribution in [0.5, 0.6) is 0 Å². The van der Waals surface area contributed by atoms with Crippen LogP contribution >= 0.6 is 0 Å². The van der Waals surface area contributed by atoms with Crippen LogP contribution in [0.2, 0.25) is 0 Å². The fourth-order valence-electron chi connectivity index (χ4n) is 1.44. The van der Waals surface area contributed by atoms with Gasteiger partial charge in [-0.25, -0.2) is 0 Å². The fraction of sp³-hybridized carbons (Fsp3) is 0.273. The third-order valence-electron chi connectivity index (χ3n) is 2.16. The van der Waals surface area contributed by atoms with Gasteiger partial charge in [0.2, 0.25) is 6.33 Å². The molecule has 0 fully saturated rings. The predicted octanol–water partition coefficient (Wildman–Crippen LogP) is 1.74. The van der Waals surface area contributed by atoms with Crippen molar-refractivity contribution in [2.45, 2.75) is 19.9 Å². The number of hydrogen-bond donors (Lipinski definition) is 0. The molecule has 3 heteroatoms. The normalized spacial score (nSPS) is 10.8. The van der Waals surface area contributed by atoms with Gasteiger partial charge < -0.3 is 0 Å². The van der Waals surface area contributed by atoms with Gasteiger partial charge in [-0.1, -0.05) is 18.2 Å². The number of nitrogens with zero attached hydrogens (tertiary/aromatic N) is 3. The van der Waals surface area contributed by atoms with Gasteiger partial charge in [0, 0.05) is 0 Å². The molecule has 2 aromatic rings. The van der Waals surface area contributed by atoms with Crippen LogP contribution in [0.25, 0.3) is 5.69 Å². The van der Waals surface area contributed by atoms with Crippen molar-refractivity contribution in [3.63, 3.8) is 0 Å². The van der Waals surface area contributed by atoms with Crippen molar-refractivity contribution in [1.29, 1.82) is 0 Å². The zero-order valence-corrected chi connectivity index (χ0v) is 8.46. The zero-order valence-electron chi connectivity index (χ0n) is 8.46. The summed E-state index contributed by atoms with van der Waals surface area (Å²) in [5.74, 6) is 0. The topological polar surface area (TPSA) is 21.7 Å². The van der Waals surface area contributed by atoms with E-state index < -0.39 is 0 Å². The molecule has 0 amide bonds. The van der Waals surface area contributed by atoms with E-state index in [2.05, 4.69) is 35.6 Å². The monoisotopic (exact) mass is 188 g/mol. The van der Waals surface area contributed by atoms with Gasteiger partial charge >= 0.3 is 6.33 Å². The molecule has 1 heterocycles. The summed E-state index contributed by atoms with van der Waals surface area (Å²) in [4.78, 5) is 4.15. The average Bonchev–Trinajstić information content (AvgIpc) is 2.67. The van der Waals surface area contributed by atoms with Gasteiger partial charge in [0.1, 0.15) is 0 Å². The zero-order chi connectivity index (χ0) is 9.97. The van der Waals surface area contributed by atoms with Crippen LogP contribution in [0, 0.1) is 0 Å². The Bertz CT molecular complexity index is 403. The molecule has 0 bridgehead atoms. The van der Waals surface area contributed by atoms with Gasteiger partial charge in [-0.15, -0.1) is 4.68 Å². The number of para-hydroxylation sites is 1. The van der Waals surface area contributed by atoms with Crippen molar-refractivity contribution in [1.82, 2.24) is 9.67 Å². The van der Waals surface area contributed by atoms with E-state index in [0.29, 0.717) is 6.04 Å². The molecule has 0 spiro atoms. The molecule has 0 aliphatic heterocycles. The third-order valence-corrected chi connectivity index (χ3v) is 2.16. The fourth-order valence-corrected chi connectivity index (χ4v) is 1.44. The highest BCUT2D eigenvalue weighted by Gasteiger charge is 2.11. The minimum absolute atomic E-state index is 0.415. The van der Waals surface area contributed by atoms with E-state index in [-0.39, 0.29) is 0 Å². The third kappa shape index (κ3) is 1.53. The molecule has 0 aliphatic rings. The molecular formula is C11H14N3+. The van der Waals surface area contributed by atoms with Crippen molar-refractivity contribution in [3.8, 4) is 5.69 Å². The quantitative estimate of drug-likeness (QED) is 0.658. The molecule has 0 aliphatic carbocycles. The second-order valence-corrected chi connectivity index (χ2v) is 3.53. The van der Waals surface area contributed by atoms with Gasteiger partial charge in [0.15, 0.2) is 5.69 Å². The van der Waals surface area contributed by atoms with E-state index >= 15 is 0 Å². The molecule has 0 saturated carbocycles. The molecule has 1 aromatic carbocycles. The number of rotatable bonds is 2. The Hall–Kier alpha value is -1.64. The van der Waals surface area contributed by atoms with Crippen LogP contribution in [0.1, 0.15) is 19.9 Å². The number of aromatic nitrogens is 3. The van der Waals surface area contributed by atoms with E-state index in [1.807, 2.05) is 35.5 Å². The second-order valence-electron chi connectivity index (χ2n) is 3.53. The van der Waals surface area contributed by atoms with E-state index in [1.54, 1.807) is 0 Å². The summed E-state index contributed by atoms with van der Waals surface area (Å²) in [5, 5.41) is 0. The molecule has 3 nitrogen and oxygen atoms in total. The van der Waals surface area contributed by atoms with Crippen LogP contribution in [-0.2, 0) is 0 Å². The maximum atomic E-state index is 4.15. The molecule has 0 N–H and O–H groups in total. The second kappa shape index (κ2) is 3.62. The van der Waals surface area contributed by atoms with Gasteiger partial charge in [-0.3, -0.25) is 0 Å².